The van der Waals surface area contributed by atoms with E-state index in [9.17, 15) is 18.3 Å². The summed E-state index contributed by atoms with van der Waals surface area (Å²) in [6.07, 6.45) is -3.28. The van der Waals surface area contributed by atoms with Crippen LogP contribution in [0.25, 0.3) is 0 Å². The zero-order valence-electron chi connectivity index (χ0n) is 11.4. The van der Waals surface area contributed by atoms with Crippen molar-refractivity contribution in [3.05, 3.63) is 16.1 Å². The fourth-order valence-corrected chi connectivity index (χ4v) is 3.22. The molecule has 2 unspecified atom stereocenters. The molecule has 0 aromatic carbocycles. The lowest BCUT2D eigenvalue weighted by Gasteiger charge is -2.30. The second kappa shape index (κ2) is 5.97. The Morgan fingerprint density at radius 3 is 2.70 bits per heavy atom. The smallest absolute Gasteiger partial charge is 0.386 e. The lowest BCUT2D eigenvalue weighted by molar-refractivity contribution is -0.137. The highest BCUT2D eigenvalue weighted by atomic mass is 32.1. The van der Waals surface area contributed by atoms with Crippen molar-refractivity contribution in [3.8, 4) is 0 Å². The van der Waals surface area contributed by atoms with Crippen molar-refractivity contribution in [2.75, 3.05) is 33.7 Å². The van der Waals surface area contributed by atoms with Crippen molar-refractivity contribution < 1.29 is 18.3 Å². The van der Waals surface area contributed by atoms with Crippen molar-refractivity contribution in [3.63, 3.8) is 0 Å². The van der Waals surface area contributed by atoms with Gasteiger partial charge in [-0.25, -0.2) is 4.98 Å². The van der Waals surface area contributed by atoms with Crippen LogP contribution in [0.1, 0.15) is 22.4 Å². The number of aromatic nitrogens is 1. The second-order valence-electron chi connectivity index (χ2n) is 5.17. The Morgan fingerprint density at radius 2 is 2.10 bits per heavy atom. The normalized spacial score (nSPS) is 24.6. The molecule has 0 aliphatic carbocycles. The van der Waals surface area contributed by atoms with Crippen LogP contribution < -0.4 is 0 Å². The molecule has 1 aliphatic heterocycles. The monoisotopic (exact) mass is 309 g/mol. The Bertz CT molecular complexity index is 451. The number of hydrogen-bond acceptors (Lipinski definition) is 5. The van der Waals surface area contributed by atoms with E-state index in [1.54, 1.807) is 0 Å². The van der Waals surface area contributed by atoms with Crippen LogP contribution in [0.3, 0.4) is 0 Å². The first-order chi connectivity index (χ1) is 9.29. The van der Waals surface area contributed by atoms with Gasteiger partial charge in [-0.3, -0.25) is 4.90 Å². The predicted octanol–water partition coefficient (Wildman–Crippen LogP) is 1.83. The van der Waals surface area contributed by atoms with E-state index < -0.39 is 17.3 Å². The third kappa shape index (κ3) is 3.49. The van der Waals surface area contributed by atoms with Crippen LogP contribution in [-0.4, -0.2) is 59.7 Å². The zero-order valence-corrected chi connectivity index (χ0v) is 12.2. The minimum atomic E-state index is -4.45. The Balaban J connectivity index is 2.16. The number of nitrogens with zero attached hydrogens (tertiary/aromatic N) is 3. The molecule has 20 heavy (non-hydrogen) atoms. The first kappa shape index (κ1) is 15.7. The maximum absolute atomic E-state index is 12.6. The van der Waals surface area contributed by atoms with Gasteiger partial charge in [-0.05, 0) is 33.6 Å². The molecule has 2 heterocycles. The lowest BCUT2D eigenvalue weighted by Crippen LogP contribution is -2.41. The van der Waals surface area contributed by atoms with Crippen LogP contribution in [0.15, 0.2) is 6.20 Å². The van der Waals surface area contributed by atoms with Crippen molar-refractivity contribution >= 4 is 11.3 Å². The second-order valence-corrected chi connectivity index (χ2v) is 6.24. The molecule has 114 valence electrons. The predicted molar refractivity (Wildman–Crippen MR) is 70.6 cm³/mol. The quantitative estimate of drug-likeness (QED) is 0.905. The molecular weight excluding hydrogens is 291 g/mol. The molecule has 0 bridgehead atoms. The van der Waals surface area contributed by atoms with Gasteiger partial charge in [0.05, 0.1) is 10.9 Å². The molecule has 1 saturated heterocycles. The maximum atomic E-state index is 12.6. The van der Waals surface area contributed by atoms with E-state index in [2.05, 4.69) is 9.88 Å². The van der Waals surface area contributed by atoms with Gasteiger partial charge >= 0.3 is 6.18 Å². The van der Waals surface area contributed by atoms with Gasteiger partial charge in [0.2, 0.25) is 0 Å². The molecule has 2 rings (SSSR count). The summed E-state index contributed by atoms with van der Waals surface area (Å²) in [6, 6.07) is -0.218. The fourth-order valence-electron chi connectivity index (χ4n) is 2.39. The number of hydrogen-bond donors (Lipinski definition) is 1. The van der Waals surface area contributed by atoms with Gasteiger partial charge in [-0.1, -0.05) is 0 Å². The standard InChI is InChI=1S/C12H18F3N3OS/c1-17-4-3-5-18(2)8(7-17)10(19)9-6-16-11(20-9)12(13,14)15/h6,8,10,19H,3-5,7H2,1-2H3. The summed E-state index contributed by atoms with van der Waals surface area (Å²) in [5.41, 5.74) is 0. The van der Waals surface area contributed by atoms with Crippen LogP contribution >= 0.6 is 11.3 Å². The molecular formula is C12H18F3N3OS. The molecule has 2 atom stereocenters. The molecule has 1 aromatic heterocycles. The Morgan fingerprint density at radius 1 is 1.40 bits per heavy atom. The van der Waals surface area contributed by atoms with Crippen LogP contribution in [0, 0.1) is 0 Å². The average molecular weight is 309 g/mol. The van der Waals surface area contributed by atoms with Gasteiger partial charge in [0.15, 0.2) is 5.01 Å². The minimum Gasteiger partial charge on any atom is -0.386 e. The first-order valence-corrected chi connectivity index (χ1v) is 7.20. The molecule has 0 radical (unpaired) electrons. The van der Waals surface area contributed by atoms with Gasteiger partial charge in [-0.15, -0.1) is 11.3 Å². The van der Waals surface area contributed by atoms with E-state index in [0.29, 0.717) is 17.9 Å². The first-order valence-electron chi connectivity index (χ1n) is 6.39. The molecule has 1 aliphatic rings. The summed E-state index contributed by atoms with van der Waals surface area (Å²) in [5.74, 6) is 0. The average Bonchev–Trinajstić information content (AvgIpc) is 2.78. The number of thiazole rings is 1. The van der Waals surface area contributed by atoms with E-state index in [-0.39, 0.29) is 10.9 Å². The van der Waals surface area contributed by atoms with Gasteiger partial charge in [0.1, 0.15) is 6.10 Å². The van der Waals surface area contributed by atoms with Crippen molar-refractivity contribution in [2.45, 2.75) is 24.7 Å². The molecule has 1 aromatic rings. The zero-order chi connectivity index (χ0) is 14.9. The third-order valence-corrected chi connectivity index (χ3v) is 4.65. The van der Waals surface area contributed by atoms with E-state index >= 15 is 0 Å². The summed E-state index contributed by atoms with van der Waals surface area (Å²) in [7, 11) is 3.84. The molecule has 0 spiro atoms. The summed E-state index contributed by atoms with van der Waals surface area (Å²) in [4.78, 5) is 7.73. The van der Waals surface area contributed by atoms with Crippen LogP contribution in [0.5, 0.6) is 0 Å². The SMILES string of the molecule is CN1CCCN(C)C(C(O)c2cnc(C(F)(F)F)s2)C1. The largest absolute Gasteiger partial charge is 0.443 e. The van der Waals surface area contributed by atoms with E-state index in [0.717, 1.165) is 25.7 Å². The third-order valence-electron chi connectivity index (χ3n) is 3.54. The highest BCUT2D eigenvalue weighted by Gasteiger charge is 2.36. The molecule has 0 amide bonds. The molecule has 8 heteroatoms. The van der Waals surface area contributed by atoms with Crippen LogP contribution in [0.2, 0.25) is 0 Å². The Labute approximate surface area is 119 Å². The van der Waals surface area contributed by atoms with Gasteiger partial charge in [0.25, 0.3) is 0 Å². The lowest BCUT2D eigenvalue weighted by atomic mass is 10.1. The summed E-state index contributed by atoms with van der Waals surface area (Å²) in [6.45, 7) is 2.36. The molecule has 0 saturated carbocycles. The number of rotatable bonds is 2. The number of aliphatic hydroxyl groups is 1. The van der Waals surface area contributed by atoms with E-state index in [4.69, 9.17) is 0 Å². The summed E-state index contributed by atoms with van der Waals surface area (Å²) >= 11 is 0.520. The number of alkyl halides is 3. The summed E-state index contributed by atoms with van der Waals surface area (Å²) < 4.78 is 37.7. The van der Waals surface area contributed by atoms with Crippen LogP contribution in [-0.2, 0) is 6.18 Å². The molecule has 1 N–H and O–H groups in total. The highest BCUT2D eigenvalue weighted by molar-refractivity contribution is 7.11. The number of halogens is 3. The number of aliphatic hydroxyl groups excluding tert-OH is 1. The van der Waals surface area contributed by atoms with Crippen molar-refractivity contribution in [2.24, 2.45) is 0 Å². The Kier molecular flexibility index (Phi) is 4.68. The van der Waals surface area contributed by atoms with Gasteiger partial charge in [-0.2, -0.15) is 13.2 Å². The maximum Gasteiger partial charge on any atom is 0.443 e. The summed E-state index contributed by atoms with van der Waals surface area (Å²) in [5, 5.41) is 9.47. The van der Waals surface area contributed by atoms with E-state index in [1.807, 2.05) is 19.0 Å². The van der Waals surface area contributed by atoms with Crippen molar-refractivity contribution in [1.82, 2.24) is 14.8 Å². The van der Waals surface area contributed by atoms with E-state index in [1.165, 1.54) is 0 Å². The minimum absolute atomic E-state index is 0.218. The fraction of sp³-hybridized carbons (Fsp3) is 0.750. The number of likely N-dealkylation sites (N-methyl/N-ethyl adjacent to an activating group) is 2. The van der Waals surface area contributed by atoms with Crippen LogP contribution in [0.4, 0.5) is 13.2 Å². The van der Waals surface area contributed by atoms with Gasteiger partial charge in [0, 0.05) is 12.7 Å². The Hall–Kier alpha value is -0.700. The highest BCUT2D eigenvalue weighted by Crippen LogP contribution is 2.35. The topological polar surface area (TPSA) is 39.6 Å². The van der Waals surface area contributed by atoms with Gasteiger partial charge < -0.3 is 10.0 Å². The van der Waals surface area contributed by atoms with Crippen molar-refractivity contribution in [1.29, 1.82) is 0 Å². The molecule has 1 fully saturated rings. The molecule has 4 nitrogen and oxygen atoms in total.